The largest absolute Gasteiger partial charge is 0.496 e. The van der Waals surface area contributed by atoms with E-state index in [2.05, 4.69) is 48.3 Å². The van der Waals surface area contributed by atoms with Gasteiger partial charge < -0.3 is 9.47 Å². The Morgan fingerprint density at radius 1 is 0.929 bits per heavy atom. The smallest absolute Gasteiger partial charge is 0.217 e. The molecule has 140 valence electrons. The summed E-state index contributed by atoms with van der Waals surface area (Å²) in [5, 5.41) is 7.10. The van der Waals surface area contributed by atoms with Crippen molar-refractivity contribution in [3.05, 3.63) is 95.1 Å². The summed E-state index contributed by atoms with van der Waals surface area (Å²) in [5.41, 5.74) is 5.67. The maximum absolute atomic E-state index is 6.42. The van der Waals surface area contributed by atoms with E-state index >= 15 is 0 Å². The van der Waals surface area contributed by atoms with Crippen molar-refractivity contribution in [1.82, 2.24) is 5.01 Å². The summed E-state index contributed by atoms with van der Waals surface area (Å²) in [6.07, 6.45) is 0.536. The van der Waals surface area contributed by atoms with Crippen LogP contribution >= 0.6 is 0 Å². The highest BCUT2D eigenvalue weighted by Gasteiger charge is 2.41. The summed E-state index contributed by atoms with van der Waals surface area (Å²) in [4.78, 5) is 0. The van der Waals surface area contributed by atoms with Gasteiger partial charge in [-0.25, -0.2) is 5.01 Å². The van der Waals surface area contributed by atoms with E-state index in [1.54, 1.807) is 7.11 Å². The van der Waals surface area contributed by atoms with E-state index in [0.717, 1.165) is 34.8 Å². The van der Waals surface area contributed by atoms with Crippen molar-refractivity contribution in [2.24, 2.45) is 5.10 Å². The van der Waals surface area contributed by atoms with Crippen molar-refractivity contribution >= 4 is 5.71 Å². The fraction of sp³-hybridized carbons (Fsp3) is 0.208. The van der Waals surface area contributed by atoms with Crippen LogP contribution in [0.3, 0.4) is 0 Å². The molecule has 0 fully saturated rings. The lowest BCUT2D eigenvalue weighted by Gasteiger charge is -2.38. The van der Waals surface area contributed by atoms with Gasteiger partial charge in [0.15, 0.2) is 0 Å². The number of hydrogen-bond acceptors (Lipinski definition) is 4. The van der Waals surface area contributed by atoms with Crippen LogP contribution in [-0.2, 0) is 0 Å². The highest BCUT2D eigenvalue weighted by molar-refractivity contribution is 6.02. The first-order valence-corrected chi connectivity index (χ1v) is 9.56. The predicted octanol–water partition coefficient (Wildman–Crippen LogP) is 5.25. The average Bonchev–Trinajstić information content (AvgIpc) is 3.19. The van der Waals surface area contributed by atoms with Gasteiger partial charge in [0, 0.05) is 12.0 Å². The summed E-state index contributed by atoms with van der Waals surface area (Å²) in [7, 11) is 1.69. The Labute approximate surface area is 165 Å². The van der Waals surface area contributed by atoms with E-state index in [1.807, 2.05) is 36.4 Å². The van der Waals surface area contributed by atoms with E-state index < -0.39 is 0 Å². The molecule has 0 aromatic heterocycles. The third-order valence-corrected chi connectivity index (χ3v) is 5.49. The van der Waals surface area contributed by atoms with Crippen molar-refractivity contribution in [2.45, 2.75) is 25.6 Å². The van der Waals surface area contributed by atoms with Gasteiger partial charge in [-0.2, -0.15) is 5.10 Å². The second kappa shape index (κ2) is 6.71. The fourth-order valence-corrected chi connectivity index (χ4v) is 4.03. The molecule has 0 aliphatic carbocycles. The zero-order valence-corrected chi connectivity index (χ0v) is 16.0. The minimum absolute atomic E-state index is 0.149. The fourth-order valence-electron chi connectivity index (χ4n) is 4.03. The molecule has 0 radical (unpaired) electrons. The van der Waals surface area contributed by atoms with Gasteiger partial charge >= 0.3 is 0 Å². The first-order chi connectivity index (χ1) is 13.7. The number of hydrazone groups is 1. The molecule has 2 aliphatic rings. The first-order valence-electron chi connectivity index (χ1n) is 9.56. The molecule has 0 amide bonds. The SMILES string of the molecule is COc1ccccc1[C@H]1Oc2ccccc2[C@@H]2CC(c3ccc(C)cc3)=NN12. The Balaban J connectivity index is 1.61. The maximum Gasteiger partial charge on any atom is 0.217 e. The summed E-state index contributed by atoms with van der Waals surface area (Å²) >= 11 is 0. The zero-order valence-electron chi connectivity index (χ0n) is 16.0. The van der Waals surface area contributed by atoms with E-state index in [9.17, 15) is 0 Å². The highest BCUT2D eigenvalue weighted by Crippen LogP contribution is 2.48. The van der Waals surface area contributed by atoms with Crippen LogP contribution in [0.15, 0.2) is 77.9 Å². The Bertz CT molecular complexity index is 1040. The molecule has 2 heterocycles. The van der Waals surface area contributed by atoms with Crippen LogP contribution in [0.4, 0.5) is 0 Å². The van der Waals surface area contributed by atoms with E-state index in [-0.39, 0.29) is 12.3 Å². The number of fused-ring (bicyclic) bond motifs is 3. The molecular weight excluding hydrogens is 348 g/mol. The predicted molar refractivity (Wildman–Crippen MR) is 110 cm³/mol. The van der Waals surface area contributed by atoms with Crippen molar-refractivity contribution in [3.63, 3.8) is 0 Å². The van der Waals surface area contributed by atoms with Crippen LogP contribution in [0.1, 0.15) is 40.9 Å². The van der Waals surface area contributed by atoms with Crippen LogP contribution in [0.25, 0.3) is 0 Å². The monoisotopic (exact) mass is 370 g/mol. The van der Waals surface area contributed by atoms with Gasteiger partial charge in [-0.05, 0) is 30.7 Å². The lowest BCUT2D eigenvalue weighted by Crippen LogP contribution is -2.33. The van der Waals surface area contributed by atoms with Gasteiger partial charge in [0.1, 0.15) is 11.5 Å². The van der Waals surface area contributed by atoms with E-state index in [0.29, 0.717) is 0 Å². The standard InChI is InChI=1S/C24H22N2O2/c1-16-11-13-17(14-12-16)20-15-21-18-7-3-6-10-23(18)28-24(26(21)25-20)19-8-4-5-9-22(19)27-2/h3-14,21,24H,15H2,1-2H3/t21-,24+/m0/s1. The summed E-state index contributed by atoms with van der Waals surface area (Å²) in [6.45, 7) is 2.10. The molecule has 2 aliphatic heterocycles. The Morgan fingerprint density at radius 3 is 2.43 bits per heavy atom. The van der Waals surface area contributed by atoms with Crippen LogP contribution in [0, 0.1) is 6.92 Å². The first kappa shape index (κ1) is 16.9. The minimum Gasteiger partial charge on any atom is -0.496 e. The molecule has 0 spiro atoms. The lowest BCUT2D eigenvalue weighted by molar-refractivity contribution is -0.0203. The minimum atomic E-state index is -0.320. The number of hydrogen-bond donors (Lipinski definition) is 0. The van der Waals surface area contributed by atoms with Gasteiger partial charge in [0.05, 0.1) is 24.4 Å². The number of aryl methyl sites for hydroxylation is 1. The summed E-state index contributed by atoms with van der Waals surface area (Å²) in [5.74, 6) is 1.73. The molecule has 0 bridgehead atoms. The van der Waals surface area contributed by atoms with Crippen molar-refractivity contribution < 1.29 is 9.47 Å². The van der Waals surface area contributed by atoms with Crippen LogP contribution < -0.4 is 9.47 Å². The third-order valence-electron chi connectivity index (χ3n) is 5.49. The Kier molecular flexibility index (Phi) is 4.05. The molecule has 0 N–H and O–H groups in total. The molecule has 3 aromatic rings. The maximum atomic E-state index is 6.42. The second-order valence-electron chi connectivity index (χ2n) is 7.26. The summed E-state index contributed by atoms with van der Waals surface area (Å²) in [6, 6.07) is 25.0. The normalized spacial score (nSPS) is 20.1. The Morgan fingerprint density at radius 2 is 1.64 bits per heavy atom. The molecule has 4 heteroatoms. The quantitative estimate of drug-likeness (QED) is 0.632. The van der Waals surface area contributed by atoms with E-state index in [1.165, 1.54) is 11.1 Å². The number of methoxy groups -OCH3 is 1. The third kappa shape index (κ3) is 2.73. The van der Waals surface area contributed by atoms with Crippen LogP contribution in [-0.4, -0.2) is 17.8 Å². The van der Waals surface area contributed by atoms with E-state index in [4.69, 9.17) is 14.6 Å². The summed E-state index contributed by atoms with van der Waals surface area (Å²) < 4.78 is 12.0. The second-order valence-corrected chi connectivity index (χ2v) is 7.26. The van der Waals surface area contributed by atoms with Crippen LogP contribution in [0.5, 0.6) is 11.5 Å². The van der Waals surface area contributed by atoms with Gasteiger partial charge in [0.25, 0.3) is 0 Å². The van der Waals surface area contributed by atoms with Crippen LogP contribution in [0.2, 0.25) is 0 Å². The number of para-hydroxylation sites is 2. The van der Waals surface area contributed by atoms with Gasteiger partial charge in [-0.15, -0.1) is 0 Å². The lowest BCUT2D eigenvalue weighted by atomic mass is 9.95. The molecule has 0 unspecified atom stereocenters. The number of benzene rings is 3. The molecule has 0 saturated carbocycles. The van der Waals surface area contributed by atoms with Gasteiger partial charge in [-0.3, -0.25) is 0 Å². The van der Waals surface area contributed by atoms with Crippen molar-refractivity contribution in [3.8, 4) is 11.5 Å². The number of nitrogens with zero attached hydrogens (tertiary/aromatic N) is 2. The van der Waals surface area contributed by atoms with Gasteiger partial charge in [-0.1, -0.05) is 60.2 Å². The molecule has 0 saturated heterocycles. The molecule has 4 nitrogen and oxygen atoms in total. The highest BCUT2D eigenvalue weighted by atomic mass is 16.5. The average molecular weight is 370 g/mol. The number of rotatable bonds is 3. The molecule has 2 atom stereocenters. The topological polar surface area (TPSA) is 34.1 Å². The zero-order chi connectivity index (χ0) is 19.1. The number of ether oxygens (including phenoxy) is 2. The van der Waals surface area contributed by atoms with Crippen molar-refractivity contribution in [1.29, 1.82) is 0 Å². The molecule has 5 rings (SSSR count). The van der Waals surface area contributed by atoms with Gasteiger partial charge in [0.2, 0.25) is 6.23 Å². The molecular formula is C24H22N2O2. The molecule has 3 aromatic carbocycles. The van der Waals surface area contributed by atoms with Crippen molar-refractivity contribution in [2.75, 3.05) is 7.11 Å². The Hall–Kier alpha value is -3.27. The molecule has 28 heavy (non-hydrogen) atoms.